The van der Waals surface area contributed by atoms with E-state index in [-0.39, 0.29) is 10.6 Å². The first-order chi connectivity index (χ1) is 7.16. The van der Waals surface area contributed by atoms with E-state index in [1.807, 2.05) is 0 Å². The van der Waals surface area contributed by atoms with Gasteiger partial charge in [0.05, 0.1) is 0 Å². The van der Waals surface area contributed by atoms with Gasteiger partial charge in [-0.3, -0.25) is 0 Å². The van der Waals surface area contributed by atoms with Crippen LogP contribution in [0.1, 0.15) is 0 Å². The molecule has 0 saturated heterocycles. The predicted molar refractivity (Wildman–Crippen MR) is 54.0 cm³/mol. The summed E-state index contributed by atoms with van der Waals surface area (Å²) >= 11 is 5.57. The molecule has 0 amide bonds. The maximum absolute atomic E-state index is 8.87. The number of hydrogen-bond acceptors (Lipinski definition) is 5. The lowest BCUT2D eigenvalue weighted by Crippen LogP contribution is -2.28. The summed E-state index contributed by atoms with van der Waals surface area (Å²) in [7, 11) is -1.54. The Balaban J connectivity index is 2.33. The molecule has 0 atom stereocenters. The molecule has 15 heavy (non-hydrogen) atoms. The van der Waals surface area contributed by atoms with E-state index in [0.717, 1.165) is 0 Å². The largest absolute Gasteiger partial charge is 0.491 e. The molecular formula is C7H6BClN4O2. The fourth-order valence-electron chi connectivity index (χ4n) is 1.03. The van der Waals surface area contributed by atoms with Crippen LogP contribution in [0.3, 0.4) is 0 Å². The minimum absolute atomic E-state index is 0.284. The molecule has 2 aromatic rings. The Morgan fingerprint density at radius 3 is 2.60 bits per heavy atom. The Morgan fingerprint density at radius 1 is 1.27 bits per heavy atom. The molecule has 2 aromatic heterocycles. The van der Waals surface area contributed by atoms with Gasteiger partial charge in [0.2, 0.25) is 0 Å². The third-order valence-electron chi connectivity index (χ3n) is 1.75. The molecule has 0 aliphatic carbocycles. The minimum Gasteiger partial charge on any atom is -0.423 e. The van der Waals surface area contributed by atoms with Gasteiger partial charge in [-0.15, -0.1) is 10.2 Å². The molecule has 2 heterocycles. The zero-order valence-electron chi connectivity index (χ0n) is 7.45. The molecule has 8 heteroatoms. The van der Waals surface area contributed by atoms with Crippen molar-refractivity contribution in [2.45, 2.75) is 0 Å². The van der Waals surface area contributed by atoms with E-state index >= 15 is 0 Å². The summed E-state index contributed by atoms with van der Waals surface area (Å²) in [6.45, 7) is 0. The van der Waals surface area contributed by atoms with Crippen LogP contribution in [0.4, 0.5) is 0 Å². The van der Waals surface area contributed by atoms with Crippen molar-refractivity contribution >= 4 is 24.2 Å². The quantitative estimate of drug-likeness (QED) is 0.639. The molecule has 0 aliphatic heterocycles. The molecule has 0 unspecified atom stereocenters. The van der Waals surface area contributed by atoms with Crippen LogP contribution in [0.5, 0.6) is 0 Å². The zero-order valence-corrected chi connectivity index (χ0v) is 8.20. The molecule has 0 aromatic carbocycles. The molecule has 76 valence electrons. The van der Waals surface area contributed by atoms with E-state index in [1.165, 1.54) is 17.1 Å². The molecule has 2 N–H and O–H groups in total. The van der Waals surface area contributed by atoms with E-state index < -0.39 is 7.12 Å². The SMILES string of the molecule is OB(O)c1cnn(-c2ccc(Cl)nn2)c1. The highest BCUT2D eigenvalue weighted by Gasteiger charge is 2.13. The molecule has 0 radical (unpaired) electrons. The maximum Gasteiger partial charge on any atom is 0.491 e. The molecule has 2 rings (SSSR count). The number of halogens is 1. The monoisotopic (exact) mass is 224 g/mol. The van der Waals surface area contributed by atoms with Crippen molar-refractivity contribution in [2.24, 2.45) is 0 Å². The summed E-state index contributed by atoms with van der Waals surface area (Å²) in [5.74, 6) is 0.450. The first-order valence-electron chi connectivity index (χ1n) is 4.07. The smallest absolute Gasteiger partial charge is 0.423 e. The summed E-state index contributed by atoms with van der Waals surface area (Å²) in [5, 5.41) is 29.3. The van der Waals surface area contributed by atoms with E-state index in [4.69, 9.17) is 21.6 Å². The van der Waals surface area contributed by atoms with Crippen molar-refractivity contribution in [1.82, 2.24) is 20.0 Å². The van der Waals surface area contributed by atoms with Gasteiger partial charge in [0.25, 0.3) is 0 Å². The van der Waals surface area contributed by atoms with Crippen LogP contribution in [0.15, 0.2) is 24.5 Å². The van der Waals surface area contributed by atoms with E-state index in [9.17, 15) is 0 Å². The lowest BCUT2D eigenvalue weighted by atomic mass is 9.83. The first-order valence-corrected chi connectivity index (χ1v) is 4.45. The van der Waals surface area contributed by atoms with Gasteiger partial charge in [0, 0.05) is 17.9 Å². The standard InChI is InChI=1S/C7H6BClN4O2/c9-6-1-2-7(12-11-6)13-4-5(3-10-13)8(14)15/h1-4,14-15H. The number of nitrogens with zero attached hydrogens (tertiary/aromatic N) is 4. The van der Waals surface area contributed by atoms with E-state index in [0.29, 0.717) is 5.82 Å². The average Bonchev–Trinajstić information content (AvgIpc) is 2.68. The predicted octanol–water partition coefficient (Wildman–Crippen LogP) is -1.00. The van der Waals surface area contributed by atoms with Crippen LogP contribution in [0, 0.1) is 0 Å². The maximum atomic E-state index is 8.87. The second-order valence-corrected chi connectivity index (χ2v) is 3.19. The van der Waals surface area contributed by atoms with E-state index in [1.54, 1.807) is 12.1 Å². The highest BCUT2D eigenvalue weighted by atomic mass is 35.5. The number of rotatable bonds is 2. The Hall–Kier alpha value is -1.44. The number of hydrogen-bond donors (Lipinski definition) is 2. The van der Waals surface area contributed by atoms with Crippen LogP contribution >= 0.6 is 11.6 Å². The van der Waals surface area contributed by atoms with Crippen molar-refractivity contribution in [1.29, 1.82) is 0 Å². The lowest BCUT2D eigenvalue weighted by Gasteiger charge is -1.97. The summed E-state index contributed by atoms with van der Waals surface area (Å²) in [5.41, 5.74) is 0.284. The normalized spacial score (nSPS) is 10.3. The molecule has 0 spiro atoms. The highest BCUT2D eigenvalue weighted by molar-refractivity contribution is 6.58. The average molecular weight is 224 g/mol. The van der Waals surface area contributed by atoms with Gasteiger partial charge in [-0.25, -0.2) is 4.68 Å². The van der Waals surface area contributed by atoms with Gasteiger partial charge in [-0.05, 0) is 12.1 Å². The second kappa shape index (κ2) is 3.97. The van der Waals surface area contributed by atoms with Crippen molar-refractivity contribution in [3.05, 3.63) is 29.7 Å². The number of aromatic nitrogens is 4. The van der Waals surface area contributed by atoms with Crippen LogP contribution in [-0.4, -0.2) is 37.1 Å². The topological polar surface area (TPSA) is 84.1 Å². The minimum atomic E-state index is -1.54. The Kier molecular flexibility index (Phi) is 2.67. The van der Waals surface area contributed by atoms with Gasteiger partial charge in [-0.1, -0.05) is 11.6 Å². The molecular weight excluding hydrogens is 218 g/mol. The van der Waals surface area contributed by atoms with Crippen molar-refractivity contribution in [2.75, 3.05) is 0 Å². The lowest BCUT2D eigenvalue weighted by molar-refractivity contribution is 0.426. The van der Waals surface area contributed by atoms with E-state index in [2.05, 4.69) is 15.3 Å². The van der Waals surface area contributed by atoms with Crippen molar-refractivity contribution in [3.8, 4) is 5.82 Å². The highest BCUT2D eigenvalue weighted by Crippen LogP contribution is 2.04. The Labute approximate surface area is 90.3 Å². The second-order valence-electron chi connectivity index (χ2n) is 2.81. The third kappa shape index (κ3) is 2.15. The van der Waals surface area contributed by atoms with Gasteiger partial charge in [0.1, 0.15) is 0 Å². The van der Waals surface area contributed by atoms with Crippen LogP contribution in [-0.2, 0) is 0 Å². The summed E-state index contributed by atoms with van der Waals surface area (Å²) < 4.78 is 1.37. The molecule has 0 fully saturated rings. The summed E-state index contributed by atoms with van der Waals surface area (Å²) in [4.78, 5) is 0. The van der Waals surface area contributed by atoms with Crippen LogP contribution in [0.2, 0.25) is 5.15 Å². The van der Waals surface area contributed by atoms with Crippen LogP contribution < -0.4 is 5.46 Å². The summed E-state index contributed by atoms with van der Waals surface area (Å²) in [6.07, 6.45) is 2.78. The van der Waals surface area contributed by atoms with Gasteiger partial charge in [-0.2, -0.15) is 5.10 Å². The first kappa shape index (κ1) is 10.1. The fraction of sp³-hybridized carbons (Fsp3) is 0. The Bertz CT molecular complexity index is 458. The van der Waals surface area contributed by atoms with Crippen molar-refractivity contribution < 1.29 is 10.0 Å². The summed E-state index contributed by atoms with van der Waals surface area (Å²) in [6, 6.07) is 3.19. The van der Waals surface area contributed by atoms with Gasteiger partial charge in [0.15, 0.2) is 11.0 Å². The van der Waals surface area contributed by atoms with Gasteiger partial charge < -0.3 is 10.0 Å². The zero-order chi connectivity index (χ0) is 10.8. The fourth-order valence-corrected chi connectivity index (χ4v) is 1.13. The third-order valence-corrected chi connectivity index (χ3v) is 1.95. The van der Waals surface area contributed by atoms with Gasteiger partial charge >= 0.3 is 7.12 Å². The molecule has 0 bridgehead atoms. The van der Waals surface area contributed by atoms with Crippen molar-refractivity contribution in [3.63, 3.8) is 0 Å². The molecule has 6 nitrogen and oxygen atoms in total. The molecule has 0 aliphatic rings. The molecule has 0 saturated carbocycles. The van der Waals surface area contributed by atoms with Crippen LogP contribution in [0.25, 0.3) is 5.82 Å². The Morgan fingerprint density at radius 2 is 2.07 bits per heavy atom.